The number of methoxy groups -OCH3 is 2. The number of aromatic hydroxyl groups is 1. The van der Waals surface area contributed by atoms with Crippen molar-refractivity contribution in [3.05, 3.63) is 69.0 Å². The number of ether oxygens (including phenoxy) is 6. The van der Waals surface area contributed by atoms with Crippen molar-refractivity contribution >= 4 is 30.1 Å². The number of amides is 1. The number of ketones is 1. The van der Waals surface area contributed by atoms with Gasteiger partial charge in [0.15, 0.2) is 23.0 Å². The third-order valence-corrected chi connectivity index (χ3v) is 7.57. The Kier molecular flexibility index (Phi) is 7.67. The molecule has 5 heterocycles. The average molecular weight is 636 g/mol. The SMILES string of the molecule is COc1cc2c(cc1OC)C1C(=O)c3c(O)cc4c(c3OC1CO2)C=CC(C)(C)O4.O=C1OCCN1N=Cc1ccc([N+](=O)[O-])o1. The maximum absolute atomic E-state index is 13.6. The second-order valence-electron chi connectivity index (χ2n) is 11.0. The van der Waals surface area contributed by atoms with E-state index in [1.165, 1.54) is 31.5 Å². The number of hydrogen-bond acceptors (Lipinski definition) is 13. The van der Waals surface area contributed by atoms with E-state index in [4.69, 9.17) is 28.1 Å². The Morgan fingerprint density at radius 2 is 1.87 bits per heavy atom. The number of phenols is 1. The zero-order chi connectivity index (χ0) is 32.7. The monoisotopic (exact) mass is 635 g/mol. The Labute approximate surface area is 261 Å². The maximum Gasteiger partial charge on any atom is 0.433 e. The Morgan fingerprint density at radius 1 is 1.11 bits per heavy atom. The van der Waals surface area contributed by atoms with Crippen molar-refractivity contribution in [3.63, 3.8) is 0 Å². The van der Waals surface area contributed by atoms with Crippen molar-refractivity contribution in [2.45, 2.75) is 31.5 Å². The number of furan rings is 1. The molecule has 240 valence electrons. The molecule has 0 saturated carbocycles. The highest BCUT2D eigenvalue weighted by molar-refractivity contribution is 6.08. The highest BCUT2D eigenvalue weighted by atomic mass is 16.6. The quantitative estimate of drug-likeness (QED) is 0.232. The number of fused-ring (bicyclic) bond motifs is 6. The van der Waals surface area contributed by atoms with Gasteiger partial charge in [-0.3, -0.25) is 14.9 Å². The number of carbonyl (C=O) groups excluding carboxylic acids is 2. The van der Waals surface area contributed by atoms with Crippen LogP contribution in [0.15, 0.2) is 45.9 Å². The molecule has 1 fully saturated rings. The van der Waals surface area contributed by atoms with Gasteiger partial charge in [-0.1, -0.05) is 0 Å². The molecule has 4 aliphatic rings. The number of benzene rings is 2. The summed E-state index contributed by atoms with van der Waals surface area (Å²) in [7, 11) is 3.07. The molecule has 1 N–H and O–H groups in total. The van der Waals surface area contributed by atoms with Gasteiger partial charge in [0.2, 0.25) is 0 Å². The van der Waals surface area contributed by atoms with Crippen LogP contribution < -0.4 is 23.7 Å². The average Bonchev–Trinajstić information content (AvgIpc) is 3.67. The van der Waals surface area contributed by atoms with E-state index in [0.717, 1.165) is 5.01 Å². The third-order valence-electron chi connectivity index (χ3n) is 7.57. The summed E-state index contributed by atoms with van der Waals surface area (Å²) in [6.07, 6.45) is 3.91. The summed E-state index contributed by atoms with van der Waals surface area (Å²) in [5, 5.41) is 25.9. The second kappa shape index (κ2) is 11.6. The van der Waals surface area contributed by atoms with Crippen molar-refractivity contribution in [1.82, 2.24) is 5.01 Å². The summed E-state index contributed by atoms with van der Waals surface area (Å²) in [6, 6.07) is 7.53. The lowest BCUT2D eigenvalue weighted by atomic mass is 9.80. The van der Waals surface area contributed by atoms with Crippen molar-refractivity contribution in [1.29, 1.82) is 0 Å². The van der Waals surface area contributed by atoms with E-state index >= 15 is 0 Å². The normalized spacial score (nSPS) is 20.0. The number of Topliss-reactive ketones (excluding diaryl/α,β-unsaturated/α-hetero) is 1. The van der Waals surface area contributed by atoms with Gasteiger partial charge < -0.3 is 37.9 Å². The second-order valence-corrected chi connectivity index (χ2v) is 11.0. The van der Waals surface area contributed by atoms with Crippen LogP contribution >= 0.6 is 0 Å². The van der Waals surface area contributed by atoms with Crippen LogP contribution in [0.25, 0.3) is 6.08 Å². The molecule has 0 radical (unpaired) electrons. The highest BCUT2D eigenvalue weighted by Gasteiger charge is 2.46. The van der Waals surface area contributed by atoms with Gasteiger partial charge in [0, 0.05) is 17.7 Å². The topological polar surface area (TPSA) is 182 Å². The smallest absolute Gasteiger partial charge is 0.433 e. The highest BCUT2D eigenvalue weighted by Crippen LogP contribution is 2.52. The molecule has 0 bridgehead atoms. The molecule has 1 aromatic heterocycles. The maximum atomic E-state index is 13.6. The van der Waals surface area contributed by atoms with E-state index in [0.29, 0.717) is 46.4 Å². The van der Waals surface area contributed by atoms with Crippen LogP contribution in [0, 0.1) is 10.1 Å². The number of hydrogen-bond donors (Lipinski definition) is 1. The predicted molar refractivity (Wildman–Crippen MR) is 159 cm³/mol. The molecule has 2 atom stereocenters. The molecule has 2 unspecified atom stereocenters. The Balaban J connectivity index is 0.000000196. The molecule has 1 amide bonds. The lowest BCUT2D eigenvalue weighted by Gasteiger charge is -2.39. The van der Waals surface area contributed by atoms with Crippen LogP contribution in [0.3, 0.4) is 0 Å². The molecular weight excluding hydrogens is 606 g/mol. The summed E-state index contributed by atoms with van der Waals surface area (Å²) >= 11 is 0. The summed E-state index contributed by atoms with van der Waals surface area (Å²) in [6.45, 7) is 4.67. The summed E-state index contributed by atoms with van der Waals surface area (Å²) in [4.78, 5) is 34.2. The lowest BCUT2D eigenvalue weighted by Crippen LogP contribution is -2.43. The molecule has 46 heavy (non-hydrogen) atoms. The van der Waals surface area contributed by atoms with Gasteiger partial charge in [-0.2, -0.15) is 10.1 Å². The van der Waals surface area contributed by atoms with E-state index in [9.17, 15) is 24.8 Å². The molecule has 0 aliphatic carbocycles. The van der Waals surface area contributed by atoms with Crippen LogP contribution in [-0.2, 0) is 4.74 Å². The molecule has 15 nitrogen and oxygen atoms in total. The Hall–Kier alpha value is -5.73. The number of phenolic OH excluding ortho intramolecular Hbond substituents is 1. The minimum atomic E-state index is -0.651. The molecule has 2 aromatic carbocycles. The van der Waals surface area contributed by atoms with Crippen LogP contribution in [0.5, 0.6) is 34.5 Å². The number of hydrazone groups is 1. The summed E-state index contributed by atoms with van der Waals surface area (Å²) in [5.74, 6) is 1.17. The zero-order valence-electron chi connectivity index (χ0n) is 25.2. The van der Waals surface area contributed by atoms with Gasteiger partial charge in [0.05, 0.1) is 44.5 Å². The van der Waals surface area contributed by atoms with E-state index in [2.05, 4.69) is 9.84 Å². The van der Waals surface area contributed by atoms with Gasteiger partial charge in [0.1, 0.15) is 58.4 Å². The van der Waals surface area contributed by atoms with Gasteiger partial charge in [-0.25, -0.2) is 4.79 Å². The van der Waals surface area contributed by atoms with Gasteiger partial charge in [-0.15, -0.1) is 0 Å². The first-order valence-electron chi connectivity index (χ1n) is 14.1. The van der Waals surface area contributed by atoms with Gasteiger partial charge in [0.25, 0.3) is 0 Å². The molecular formula is C31H29N3O12. The Bertz CT molecular complexity index is 1790. The molecule has 1 saturated heterocycles. The number of cyclic esters (lactones) is 1. The summed E-state index contributed by atoms with van der Waals surface area (Å²) < 4.78 is 38.2. The molecule has 7 rings (SSSR count). The fraction of sp³-hybridized carbons (Fsp3) is 0.323. The largest absolute Gasteiger partial charge is 0.507 e. The Morgan fingerprint density at radius 3 is 2.54 bits per heavy atom. The zero-order valence-corrected chi connectivity index (χ0v) is 25.2. The van der Waals surface area contributed by atoms with E-state index in [1.807, 2.05) is 26.0 Å². The standard InChI is InChI=1S/C23H22O7.C8H7N3O5/c1-23(2)6-5-11-15(30-23)8-13(24)20-21(25)19-12-7-16(26-3)17(27-4)9-14(12)28-10-18(19)29-22(11)20;12-8-10(3-4-15-8)9-5-6-1-2-7(16-6)11(13)14/h5-9,18-19,24H,10H2,1-4H3;1-2,5H,3-4H2. The number of nitrogens with zero attached hydrogens (tertiary/aromatic N) is 3. The van der Waals surface area contributed by atoms with E-state index in [1.54, 1.807) is 19.2 Å². The number of carbonyl (C=O) groups is 2. The van der Waals surface area contributed by atoms with E-state index in [-0.39, 0.29) is 42.0 Å². The first-order valence-corrected chi connectivity index (χ1v) is 14.1. The van der Waals surface area contributed by atoms with Crippen LogP contribution in [-0.4, -0.2) is 78.8 Å². The molecule has 15 heteroatoms. The van der Waals surface area contributed by atoms with Crippen molar-refractivity contribution in [2.75, 3.05) is 34.0 Å². The van der Waals surface area contributed by atoms with Gasteiger partial charge >= 0.3 is 12.0 Å². The van der Waals surface area contributed by atoms with Crippen LogP contribution in [0.1, 0.15) is 47.0 Å². The van der Waals surface area contributed by atoms with Crippen LogP contribution in [0.2, 0.25) is 0 Å². The minimum Gasteiger partial charge on any atom is -0.507 e. The third kappa shape index (κ3) is 5.50. The van der Waals surface area contributed by atoms with Crippen molar-refractivity contribution in [2.24, 2.45) is 5.10 Å². The van der Waals surface area contributed by atoms with Crippen LogP contribution in [0.4, 0.5) is 10.7 Å². The fourth-order valence-corrected chi connectivity index (χ4v) is 5.40. The van der Waals surface area contributed by atoms with Gasteiger partial charge in [-0.05, 0) is 38.1 Å². The number of nitro groups is 1. The van der Waals surface area contributed by atoms with E-state index < -0.39 is 28.6 Å². The molecule has 3 aromatic rings. The van der Waals surface area contributed by atoms with Crippen molar-refractivity contribution < 1.29 is 52.5 Å². The summed E-state index contributed by atoms with van der Waals surface area (Å²) in [5.41, 5.74) is 0.930. The molecule has 4 aliphatic heterocycles. The predicted octanol–water partition coefficient (Wildman–Crippen LogP) is 4.69. The minimum absolute atomic E-state index is 0.158. The number of rotatable bonds is 5. The lowest BCUT2D eigenvalue weighted by molar-refractivity contribution is -0.402. The first kappa shape index (κ1) is 30.3. The fourth-order valence-electron chi connectivity index (χ4n) is 5.40. The van der Waals surface area contributed by atoms with Crippen molar-refractivity contribution in [3.8, 4) is 34.5 Å². The molecule has 0 spiro atoms. The first-order chi connectivity index (χ1) is 22.0.